The van der Waals surface area contributed by atoms with Crippen LogP contribution in [0.1, 0.15) is 0 Å². The third-order valence-corrected chi connectivity index (χ3v) is 3.32. The van der Waals surface area contributed by atoms with Gasteiger partial charge in [0, 0.05) is 22.4 Å². The SMILES string of the molecule is c1ccc2c(c1)[nH]c1cc(OCC3CO3)ccc12. The Morgan fingerprint density at radius 1 is 1.11 bits per heavy atom. The van der Waals surface area contributed by atoms with Gasteiger partial charge >= 0.3 is 0 Å². The summed E-state index contributed by atoms with van der Waals surface area (Å²) in [7, 11) is 0. The minimum absolute atomic E-state index is 0.295. The third-order valence-electron chi connectivity index (χ3n) is 3.32. The van der Waals surface area contributed by atoms with Gasteiger partial charge in [-0.1, -0.05) is 18.2 Å². The zero-order valence-electron chi connectivity index (χ0n) is 9.85. The average molecular weight is 239 g/mol. The Balaban J connectivity index is 1.76. The lowest BCUT2D eigenvalue weighted by molar-refractivity contribution is 0.263. The molecule has 1 saturated heterocycles. The Morgan fingerprint density at radius 2 is 1.94 bits per heavy atom. The van der Waals surface area contributed by atoms with E-state index in [0.29, 0.717) is 12.7 Å². The monoisotopic (exact) mass is 239 g/mol. The van der Waals surface area contributed by atoms with Crippen LogP contribution in [0.3, 0.4) is 0 Å². The Kier molecular flexibility index (Phi) is 2.08. The number of aromatic amines is 1. The number of hydrogen-bond acceptors (Lipinski definition) is 2. The van der Waals surface area contributed by atoms with Gasteiger partial charge in [-0.3, -0.25) is 0 Å². The summed E-state index contributed by atoms with van der Waals surface area (Å²) in [5.41, 5.74) is 2.28. The van der Waals surface area contributed by atoms with Crippen molar-refractivity contribution in [3.05, 3.63) is 42.5 Å². The highest BCUT2D eigenvalue weighted by Crippen LogP contribution is 2.28. The molecule has 0 amide bonds. The topological polar surface area (TPSA) is 37.5 Å². The van der Waals surface area contributed by atoms with Gasteiger partial charge in [0.2, 0.25) is 0 Å². The molecule has 0 saturated carbocycles. The van der Waals surface area contributed by atoms with Gasteiger partial charge in [0.1, 0.15) is 18.5 Å². The molecule has 2 aromatic carbocycles. The van der Waals surface area contributed by atoms with Crippen LogP contribution in [-0.2, 0) is 4.74 Å². The van der Waals surface area contributed by atoms with Gasteiger partial charge in [0.15, 0.2) is 0 Å². The van der Waals surface area contributed by atoms with Gasteiger partial charge in [-0.05, 0) is 18.2 Å². The number of epoxide rings is 1. The number of nitrogens with one attached hydrogen (secondary N) is 1. The summed E-state index contributed by atoms with van der Waals surface area (Å²) in [5.74, 6) is 0.893. The summed E-state index contributed by atoms with van der Waals surface area (Å²) in [4.78, 5) is 3.41. The van der Waals surface area contributed by atoms with E-state index in [0.717, 1.165) is 23.4 Å². The average Bonchev–Trinajstić information content (AvgIpc) is 3.16. The smallest absolute Gasteiger partial charge is 0.121 e. The molecule has 1 fully saturated rings. The fraction of sp³-hybridized carbons (Fsp3) is 0.200. The molecule has 1 unspecified atom stereocenters. The second kappa shape index (κ2) is 3.75. The predicted octanol–water partition coefficient (Wildman–Crippen LogP) is 3.10. The molecule has 0 spiro atoms. The molecule has 0 aliphatic carbocycles. The number of H-pyrrole nitrogens is 1. The third kappa shape index (κ3) is 1.64. The van der Waals surface area contributed by atoms with Gasteiger partial charge in [-0.25, -0.2) is 0 Å². The number of fused-ring (bicyclic) bond motifs is 3. The molecule has 4 rings (SSSR count). The summed E-state index contributed by atoms with van der Waals surface area (Å²) in [6.45, 7) is 1.47. The van der Waals surface area contributed by atoms with E-state index >= 15 is 0 Å². The minimum Gasteiger partial charge on any atom is -0.491 e. The first-order chi connectivity index (χ1) is 8.90. The molecule has 1 atom stereocenters. The Hall–Kier alpha value is -2.00. The zero-order chi connectivity index (χ0) is 11.9. The van der Waals surface area contributed by atoms with Crippen molar-refractivity contribution in [2.75, 3.05) is 13.2 Å². The van der Waals surface area contributed by atoms with E-state index in [1.165, 1.54) is 10.8 Å². The van der Waals surface area contributed by atoms with E-state index < -0.39 is 0 Å². The van der Waals surface area contributed by atoms with Crippen molar-refractivity contribution in [3.8, 4) is 5.75 Å². The molecule has 3 nitrogen and oxygen atoms in total. The largest absolute Gasteiger partial charge is 0.491 e. The number of rotatable bonds is 3. The quantitative estimate of drug-likeness (QED) is 0.713. The number of ether oxygens (including phenoxy) is 2. The Morgan fingerprint density at radius 3 is 2.83 bits per heavy atom. The van der Waals surface area contributed by atoms with Crippen molar-refractivity contribution in [2.45, 2.75) is 6.10 Å². The van der Waals surface area contributed by atoms with Crippen molar-refractivity contribution in [1.29, 1.82) is 0 Å². The standard InChI is InChI=1S/C15H13NO2/c1-2-4-14-12(3-1)13-6-5-10(7-15(13)16-14)17-8-11-9-18-11/h1-7,11,16H,8-9H2. The fourth-order valence-corrected chi connectivity index (χ4v) is 2.28. The van der Waals surface area contributed by atoms with Crippen LogP contribution in [0.5, 0.6) is 5.75 Å². The van der Waals surface area contributed by atoms with Gasteiger partial charge < -0.3 is 14.5 Å². The molecular formula is C15H13NO2. The van der Waals surface area contributed by atoms with Crippen molar-refractivity contribution < 1.29 is 9.47 Å². The lowest BCUT2D eigenvalue weighted by Crippen LogP contribution is -2.03. The van der Waals surface area contributed by atoms with Crippen molar-refractivity contribution in [3.63, 3.8) is 0 Å². The highest BCUT2D eigenvalue weighted by Gasteiger charge is 2.23. The zero-order valence-corrected chi connectivity index (χ0v) is 9.85. The van der Waals surface area contributed by atoms with E-state index in [4.69, 9.17) is 9.47 Å². The van der Waals surface area contributed by atoms with Gasteiger partial charge in [-0.2, -0.15) is 0 Å². The summed E-state index contributed by atoms with van der Waals surface area (Å²) < 4.78 is 10.8. The minimum atomic E-state index is 0.295. The first-order valence-corrected chi connectivity index (χ1v) is 6.15. The molecule has 90 valence electrons. The van der Waals surface area contributed by atoms with Crippen LogP contribution in [0.25, 0.3) is 21.8 Å². The molecule has 2 heterocycles. The lowest BCUT2D eigenvalue weighted by Gasteiger charge is -2.03. The van der Waals surface area contributed by atoms with Crippen molar-refractivity contribution in [1.82, 2.24) is 4.98 Å². The molecule has 0 bridgehead atoms. The maximum absolute atomic E-state index is 5.69. The van der Waals surface area contributed by atoms with Crippen LogP contribution >= 0.6 is 0 Å². The van der Waals surface area contributed by atoms with Gasteiger partial charge in [0.05, 0.1) is 12.1 Å². The maximum atomic E-state index is 5.69. The first kappa shape index (κ1) is 9.97. The molecule has 3 heteroatoms. The number of hydrogen-bond donors (Lipinski definition) is 1. The highest BCUT2D eigenvalue weighted by atomic mass is 16.6. The number of para-hydroxylation sites is 1. The normalized spacial score (nSPS) is 18.3. The van der Waals surface area contributed by atoms with Crippen LogP contribution in [0.4, 0.5) is 0 Å². The van der Waals surface area contributed by atoms with E-state index in [9.17, 15) is 0 Å². The van der Waals surface area contributed by atoms with E-state index in [1.54, 1.807) is 0 Å². The van der Waals surface area contributed by atoms with Crippen LogP contribution in [0.15, 0.2) is 42.5 Å². The molecule has 1 aliphatic heterocycles. The number of benzene rings is 2. The molecule has 0 radical (unpaired) electrons. The number of aromatic nitrogens is 1. The Bertz CT molecular complexity index is 713. The van der Waals surface area contributed by atoms with Crippen molar-refractivity contribution >= 4 is 21.8 Å². The first-order valence-electron chi connectivity index (χ1n) is 6.15. The van der Waals surface area contributed by atoms with Gasteiger partial charge in [-0.15, -0.1) is 0 Å². The Labute approximate surface area is 104 Å². The summed E-state index contributed by atoms with van der Waals surface area (Å²) >= 11 is 0. The lowest BCUT2D eigenvalue weighted by atomic mass is 10.1. The molecule has 1 aromatic heterocycles. The van der Waals surface area contributed by atoms with E-state index in [1.807, 2.05) is 12.1 Å². The predicted molar refractivity (Wildman–Crippen MR) is 71.0 cm³/mol. The van der Waals surface area contributed by atoms with Crippen LogP contribution in [0, 0.1) is 0 Å². The highest BCUT2D eigenvalue weighted by molar-refractivity contribution is 6.07. The summed E-state index contributed by atoms with van der Waals surface area (Å²) in [6.07, 6.45) is 0.295. The van der Waals surface area contributed by atoms with E-state index in [-0.39, 0.29) is 0 Å². The maximum Gasteiger partial charge on any atom is 0.121 e. The molecule has 1 N–H and O–H groups in total. The van der Waals surface area contributed by atoms with E-state index in [2.05, 4.69) is 35.3 Å². The van der Waals surface area contributed by atoms with Crippen molar-refractivity contribution in [2.24, 2.45) is 0 Å². The molecule has 3 aromatic rings. The summed E-state index contributed by atoms with van der Waals surface area (Å²) in [5, 5.41) is 2.49. The summed E-state index contributed by atoms with van der Waals surface area (Å²) in [6, 6.07) is 14.5. The van der Waals surface area contributed by atoms with Gasteiger partial charge in [0.25, 0.3) is 0 Å². The van der Waals surface area contributed by atoms with Crippen LogP contribution in [-0.4, -0.2) is 24.3 Å². The molecule has 18 heavy (non-hydrogen) atoms. The molecular weight excluding hydrogens is 226 g/mol. The second-order valence-electron chi connectivity index (χ2n) is 4.64. The molecule has 1 aliphatic rings. The fourth-order valence-electron chi connectivity index (χ4n) is 2.28. The van der Waals surface area contributed by atoms with Crippen LogP contribution in [0.2, 0.25) is 0 Å². The second-order valence-corrected chi connectivity index (χ2v) is 4.64. The van der Waals surface area contributed by atoms with Crippen LogP contribution < -0.4 is 4.74 Å².